The standard InChI is InChI=1S/C17H28N4O/c1-14-4-10-21(11-5-14)13-15(12-18)17(22)20(3)16-6-8-19(2)9-7-16/h13-14,16H,4-11H2,1-3H3/b15-13-. The van der Waals surface area contributed by atoms with Gasteiger partial charge in [-0.15, -0.1) is 0 Å². The summed E-state index contributed by atoms with van der Waals surface area (Å²) in [4.78, 5) is 18.8. The van der Waals surface area contributed by atoms with Crippen molar-refractivity contribution in [1.82, 2.24) is 14.7 Å². The van der Waals surface area contributed by atoms with Gasteiger partial charge in [-0.25, -0.2) is 0 Å². The highest BCUT2D eigenvalue weighted by molar-refractivity contribution is 5.97. The van der Waals surface area contributed by atoms with Crippen molar-refractivity contribution in [2.24, 2.45) is 5.92 Å². The lowest BCUT2D eigenvalue weighted by Crippen LogP contribution is -2.45. The SMILES string of the molecule is CC1CCN(/C=C(/C#N)C(=O)N(C)C2CCN(C)CC2)CC1. The molecule has 0 spiro atoms. The number of hydrogen-bond donors (Lipinski definition) is 0. The predicted octanol–water partition coefficient (Wildman–Crippen LogP) is 1.68. The zero-order valence-corrected chi connectivity index (χ0v) is 14.1. The molecule has 5 heteroatoms. The van der Waals surface area contributed by atoms with E-state index in [1.165, 1.54) is 0 Å². The Morgan fingerprint density at radius 2 is 1.77 bits per heavy atom. The Balaban J connectivity index is 1.97. The zero-order chi connectivity index (χ0) is 16.1. The molecule has 2 aliphatic heterocycles. The minimum atomic E-state index is -0.129. The lowest BCUT2D eigenvalue weighted by Gasteiger charge is -2.35. The van der Waals surface area contributed by atoms with E-state index >= 15 is 0 Å². The summed E-state index contributed by atoms with van der Waals surface area (Å²) in [5.74, 6) is 0.614. The van der Waals surface area contributed by atoms with Crippen LogP contribution in [0.4, 0.5) is 0 Å². The molecule has 5 nitrogen and oxygen atoms in total. The average molecular weight is 304 g/mol. The number of hydrogen-bond acceptors (Lipinski definition) is 4. The molecule has 0 aromatic carbocycles. The molecular weight excluding hydrogens is 276 g/mol. The summed E-state index contributed by atoms with van der Waals surface area (Å²) < 4.78 is 0. The quantitative estimate of drug-likeness (QED) is 0.588. The van der Waals surface area contributed by atoms with Crippen molar-refractivity contribution in [3.8, 4) is 6.07 Å². The van der Waals surface area contributed by atoms with E-state index < -0.39 is 0 Å². The van der Waals surface area contributed by atoms with Crippen molar-refractivity contribution < 1.29 is 4.79 Å². The van der Waals surface area contributed by atoms with Crippen LogP contribution in [0.5, 0.6) is 0 Å². The van der Waals surface area contributed by atoms with Crippen molar-refractivity contribution in [2.75, 3.05) is 40.3 Å². The van der Waals surface area contributed by atoms with Gasteiger partial charge in [0.1, 0.15) is 11.6 Å². The maximum absolute atomic E-state index is 12.6. The van der Waals surface area contributed by atoms with Crippen molar-refractivity contribution in [1.29, 1.82) is 5.26 Å². The fraction of sp³-hybridized carbons (Fsp3) is 0.765. The van der Waals surface area contributed by atoms with Crippen molar-refractivity contribution >= 4 is 5.91 Å². The summed E-state index contributed by atoms with van der Waals surface area (Å²) in [6, 6.07) is 2.36. The molecule has 0 aliphatic carbocycles. The van der Waals surface area contributed by atoms with Gasteiger partial charge in [0.2, 0.25) is 0 Å². The van der Waals surface area contributed by atoms with E-state index in [0.29, 0.717) is 0 Å². The number of likely N-dealkylation sites (N-methyl/N-ethyl adjacent to an activating group) is 1. The van der Waals surface area contributed by atoms with Gasteiger partial charge in [-0.1, -0.05) is 6.92 Å². The smallest absolute Gasteiger partial charge is 0.265 e. The van der Waals surface area contributed by atoms with Crippen LogP contribution in [0.2, 0.25) is 0 Å². The number of nitriles is 1. The highest BCUT2D eigenvalue weighted by atomic mass is 16.2. The van der Waals surface area contributed by atoms with E-state index in [2.05, 4.69) is 29.8 Å². The molecule has 2 fully saturated rings. The second-order valence-corrected chi connectivity index (χ2v) is 6.82. The second kappa shape index (κ2) is 7.64. The Bertz CT molecular complexity index is 452. The van der Waals surface area contributed by atoms with Crippen molar-refractivity contribution in [2.45, 2.75) is 38.6 Å². The molecule has 0 saturated carbocycles. The highest BCUT2D eigenvalue weighted by Crippen LogP contribution is 2.19. The molecule has 0 aromatic heterocycles. The largest absolute Gasteiger partial charge is 0.376 e. The first-order chi connectivity index (χ1) is 10.5. The molecule has 2 aliphatic rings. The number of carbonyl (C=O) groups is 1. The molecular formula is C17H28N4O. The summed E-state index contributed by atoms with van der Waals surface area (Å²) >= 11 is 0. The highest BCUT2D eigenvalue weighted by Gasteiger charge is 2.26. The lowest BCUT2D eigenvalue weighted by molar-refractivity contribution is -0.128. The number of carbonyl (C=O) groups excluding carboxylic acids is 1. The minimum absolute atomic E-state index is 0.129. The maximum atomic E-state index is 12.6. The van der Waals surface area contributed by atoms with Crippen LogP contribution in [0.15, 0.2) is 11.8 Å². The third-order valence-electron chi connectivity index (χ3n) is 5.04. The van der Waals surface area contributed by atoms with Gasteiger partial charge in [-0.05, 0) is 51.7 Å². The maximum Gasteiger partial charge on any atom is 0.265 e. The molecule has 122 valence electrons. The average Bonchev–Trinajstić information content (AvgIpc) is 2.53. The summed E-state index contributed by atoms with van der Waals surface area (Å²) in [6.07, 6.45) is 6.01. The number of piperidine rings is 2. The van der Waals surface area contributed by atoms with Crippen LogP contribution >= 0.6 is 0 Å². The van der Waals surface area contributed by atoms with Crippen molar-refractivity contribution in [3.63, 3.8) is 0 Å². The topological polar surface area (TPSA) is 50.6 Å². The minimum Gasteiger partial charge on any atom is -0.376 e. The molecule has 2 rings (SSSR count). The first-order valence-corrected chi connectivity index (χ1v) is 8.33. The summed E-state index contributed by atoms with van der Waals surface area (Å²) in [5, 5.41) is 9.37. The van der Waals surface area contributed by atoms with Gasteiger partial charge in [0.05, 0.1) is 0 Å². The number of nitrogens with zero attached hydrogens (tertiary/aromatic N) is 4. The molecule has 2 saturated heterocycles. The molecule has 0 N–H and O–H groups in total. The van der Waals surface area contributed by atoms with E-state index in [-0.39, 0.29) is 17.5 Å². The number of amides is 1. The van der Waals surface area contributed by atoms with Gasteiger partial charge >= 0.3 is 0 Å². The second-order valence-electron chi connectivity index (χ2n) is 6.82. The molecule has 0 unspecified atom stereocenters. The first-order valence-electron chi connectivity index (χ1n) is 8.33. The Hall–Kier alpha value is -1.54. The van der Waals surface area contributed by atoms with Crippen LogP contribution in [0, 0.1) is 17.2 Å². The monoisotopic (exact) mass is 304 g/mol. The third kappa shape index (κ3) is 4.23. The molecule has 0 aromatic rings. The van der Waals surface area contributed by atoms with Crippen LogP contribution in [0.1, 0.15) is 32.6 Å². The van der Waals surface area contributed by atoms with E-state index in [1.807, 2.05) is 7.05 Å². The van der Waals surface area contributed by atoms with Gasteiger partial charge in [-0.3, -0.25) is 4.79 Å². The molecule has 0 bridgehead atoms. The first kappa shape index (κ1) is 16.8. The predicted molar refractivity (Wildman–Crippen MR) is 87.0 cm³/mol. The van der Waals surface area contributed by atoms with Gasteiger partial charge in [0, 0.05) is 32.4 Å². The van der Waals surface area contributed by atoms with Gasteiger partial charge < -0.3 is 14.7 Å². The molecule has 0 atom stereocenters. The Morgan fingerprint density at radius 3 is 2.32 bits per heavy atom. The molecule has 22 heavy (non-hydrogen) atoms. The fourth-order valence-electron chi connectivity index (χ4n) is 3.21. The van der Waals surface area contributed by atoms with Crippen molar-refractivity contribution in [3.05, 3.63) is 11.8 Å². The van der Waals surface area contributed by atoms with Crippen LogP contribution in [0.3, 0.4) is 0 Å². The summed E-state index contributed by atoms with van der Waals surface area (Å²) in [7, 11) is 3.94. The Labute approximate surface area is 134 Å². The lowest BCUT2D eigenvalue weighted by atomic mass is 9.99. The third-order valence-corrected chi connectivity index (χ3v) is 5.04. The van der Waals surface area contributed by atoms with E-state index in [9.17, 15) is 10.1 Å². The van der Waals surface area contributed by atoms with Crippen LogP contribution in [0.25, 0.3) is 0 Å². The Morgan fingerprint density at radius 1 is 1.18 bits per heavy atom. The van der Waals surface area contributed by atoms with E-state index in [0.717, 1.165) is 57.8 Å². The zero-order valence-electron chi connectivity index (χ0n) is 14.1. The van der Waals surface area contributed by atoms with Gasteiger partial charge in [0.25, 0.3) is 5.91 Å². The van der Waals surface area contributed by atoms with Crippen LogP contribution in [-0.2, 0) is 4.79 Å². The molecule has 1 amide bonds. The number of rotatable bonds is 3. The normalized spacial score (nSPS) is 22.5. The molecule has 0 radical (unpaired) electrons. The summed E-state index contributed by atoms with van der Waals surface area (Å²) in [6.45, 7) is 6.16. The fourth-order valence-corrected chi connectivity index (χ4v) is 3.21. The number of likely N-dealkylation sites (tertiary alicyclic amines) is 2. The summed E-state index contributed by atoms with van der Waals surface area (Å²) in [5.41, 5.74) is 0.274. The van der Waals surface area contributed by atoms with Gasteiger partial charge in [0.15, 0.2) is 0 Å². The van der Waals surface area contributed by atoms with Crippen LogP contribution < -0.4 is 0 Å². The van der Waals surface area contributed by atoms with E-state index in [4.69, 9.17) is 0 Å². The Kier molecular flexibility index (Phi) is 5.84. The molecule has 2 heterocycles. The van der Waals surface area contributed by atoms with Gasteiger partial charge in [-0.2, -0.15) is 5.26 Å². The van der Waals surface area contributed by atoms with E-state index in [1.54, 1.807) is 11.1 Å². The van der Waals surface area contributed by atoms with Crippen LogP contribution in [-0.4, -0.2) is 66.9 Å².